The van der Waals surface area contributed by atoms with Crippen LogP contribution in [0.2, 0.25) is 0 Å². The molecule has 2 saturated carbocycles. The lowest BCUT2D eigenvalue weighted by Crippen LogP contribution is -2.63. The minimum atomic E-state index is -4.75. The Hall–Kier alpha value is -6.11. The second-order valence-corrected chi connectivity index (χ2v) is 27.8. The Morgan fingerprint density at radius 1 is 0.556 bits per heavy atom. The fourth-order valence-electron chi connectivity index (χ4n) is 12.1. The first-order valence-corrected chi connectivity index (χ1v) is 32.4. The van der Waals surface area contributed by atoms with Crippen molar-refractivity contribution in [1.82, 2.24) is 55.6 Å². The Labute approximate surface area is 532 Å². The third kappa shape index (κ3) is 22.0. The summed E-state index contributed by atoms with van der Waals surface area (Å²) in [6.45, 7) is 17.2. The van der Waals surface area contributed by atoms with Gasteiger partial charge in [0.05, 0.1) is 25.6 Å². The minimum absolute atomic E-state index is 0.000562. The number of hydrogen-bond acceptors (Lipinski definition) is 11. The molecule has 26 heteroatoms. The Kier molecular flexibility index (Phi) is 30.0. The SMILES string of the molecule is CC[C@H](C)[C@@H]1NC(=O)[C@H](CC(C)C)N(C)C(=O)C[C@@H](C)N(C)C(=O)[C@H](C(C)C)NC(=O)C(C)(C)N(C)C(=O)[C@H](CC(C)C)NC(=O)[C@H](CCC2CCC(C(F)(F)F)C(F)C2)NC(=O)CN(C)C(=O)[C@H](CC2CCCCC2)N(C)C(=O)CN(C)C(=O)CN(C)C1=O. The van der Waals surface area contributed by atoms with Crippen molar-refractivity contribution >= 4 is 65.0 Å². The van der Waals surface area contributed by atoms with Crippen molar-refractivity contribution in [3.8, 4) is 0 Å². The predicted molar refractivity (Wildman–Crippen MR) is 333 cm³/mol. The van der Waals surface area contributed by atoms with Crippen molar-refractivity contribution in [3.05, 3.63) is 0 Å². The zero-order valence-electron chi connectivity index (χ0n) is 57.0. The highest BCUT2D eigenvalue weighted by atomic mass is 19.4. The third-order valence-corrected chi connectivity index (χ3v) is 18.9. The van der Waals surface area contributed by atoms with Crippen LogP contribution in [-0.2, 0) is 52.7 Å². The van der Waals surface area contributed by atoms with Gasteiger partial charge in [0, 0.05) is 61.8 Å². The number of halogens is 4. The summed E-state index contributed by atoms with van der Waals surface area (Å²) in [5.74, 6) is -11.4. The van der Waals surface area contributed by atoms with Crippen molar-refractivity contribution in [1.29, 1.82) is 0 Å². The van der Waals surface area contributed by atoms with Crippen LogP contribution >= 0.6 is 0 Å². The van der Waals surface area contributed by atoms with E-state index < -0.39 is 181 Å². The molecule has 0 aromatic rings. The first-order valence-electron chi connectivity index (χ1n) is 32.4. The molecule has 0 aromatic heterocycles. The average molecular weight is 1280 g/mol. The van der Waals surface area contributed by atoms with Gasteiger partial charge in [-0.05, 0) is 108 Å². The molecule has 3 rings (SSSR count). The van der Waals surface area contributed by atoms with Crippen LogP contribution in [0.1, 0.15) is 172 Å². The quantitative estimate of drug-likeness (QED) is 0.182. The van der Waals surface area contributed by atoms with E-state index in [1.54, 1.807) is 41.5 Å². The highest BCUT2D eigenvalue weighted by Crippen LogP contribution is 2.42. The number of alkyl halides is 4. The maximum Gasteiger partial charge on any atom is 0.394 e. The molecule has 22 nitrogen and oxygen atoms in total. The summed E-state index contributed by atoms with van der Waals surface area (Å²) in [7, 11) is 9.84. The minimum Gasteiger partial charge on any atom is -0.343 e. The molecule has 1 aliphatic heterocycles. The lowest BCUT2D eigenvalue weighted by atomic mass is 9.78. The van der Waals surface area contributed by atoms with Gasteiger partial charge in [0.15, 0.2) is 0 Å². The van der Waals surface area contributed by atoms with Crippen molar-refractivity contribution in [2.75, 3.05) is 69.0 Å². The van der Waals surface area contributed by atoms with Crippen molar-refractivity contribution in [2.45, 2.75) is 233 Å². The highest BCUT2D eigenvalue weighted by molar-refractivity contribution is 5.98. The number of likely N-dealkylation sites (N-methyl/N-ethyl adjacent to an activating group) is 7. The molecule has 3 aliphatic rings. The van der Waals surface area contributed by atoms with E-state index in [4.69, 9.17) is 0 Å². The second kappa shape index (κ2) is 34.5. The molecule has 3 unspecified atom stereocenters. The number of nitrogens with one attached hydrogen (secondary N) is 4. The molecule has 3 fully saturated rings. The largest absolute Gasteiger partial charge is 0.394 e. The lowest BCUT2D eigenvalue weighted by molar-refractivity contribution is -0.201. The van der Waals surface area contributed by atoms with E-state index in [1.165, 1.54) is 77.9 Å². The Bertz CT molecular complexity index is 2500. The van der Waals surface area contributed by atoms with Gasteiger partial charge in [-0.2, -0.15) is 13.2 Å². The first kappa shape index (κ1) is 78.1. The van der Waals surface area contributed by atoms with Crippen molar-refractivity contribution in [3.63, 3.8) is 0 Å². The zero-order chi connectivity index (χ0) is 68.6. The maximum absolute atomic E-state index is 15.1. The van der Waals surface area contributed by atoms with E-state index in [-0.39, 0.29) is 62.7 Å². The van der Waals surface area contributed by atoms with Crippen LogP contribution in [0.5, 0.6) is 0 Å². The highest BCUT2D eigenvalue weighted by Gasteiger charge is 2.48. The monoisotopic (exact) mass is 1280 g/mol. The summed E-state index contributed by atoms with van der Waals surface area (Å²) in [5, 5.41) is 11.1. The van der Waals surface area contributed by atoms with Crippen molar-refractivity contribution in [2.24, 2.45) is 41.4 Å². The van der Waals surface area contributed by atoms with Gasteiger partial charge in [0.25, 0.3) is 0 Å². The van der Waals surface area contributed by atoms with E-state index in [0.29, 0.717) is 6.42 Å². The first-order chi connectivity index (χ1) is 41.7. The molecule has 1 heterocycles. The van der Waals surface area contributed by atoms with E-state index >= 15 is 4.39 Å². The number of rotatable bonds is 12. The van der Waals surface area contributed by atoms with Gasteiger partial charge in [-0.25, -0.2) is 4.39 Å². The number of carbonyl (C=O) groups excluding carboxylic acids is 11. The molecule has 2 aliphatic carbocycles. The van der Waals surface area contributed by atoms with Gasteiger partial charge >= 0.3 is 6.18 Å². The van der Waals surface area contributed by atoms with Crippen LogP contribution in [0.15, 0.2) is 0 Å². The molecule has 11 atom stereocenters. The topological polar surface area (TPSA) is 259 Å². The molecule has 0 radical (unpaired) electrons. The zero-order valence-corrected chi connectivity index (χ0v) is 57.0. The molecule has 4 N–H and O–H groups in total. The van der Waals surface area contributed by atoms with Gasteiger partial charge in [-0.15, -0.1) is 0 Å². The number of carbonyl (C=O) groups is 11. The lowest BCUT2D eigenvalue weighted by Gasteiger charge is -2.39. The number of nitrogens with zero attached hydrogens (tertiary/aromatic N) is 7. The standard InChI is InChI=1S/C64H109F4N11O11/c1-19-40(8)55-60(88)75(14)35-52(82)73(12)36-53(83)78(17)49(33-42-23-21-20-22-24-42)59(87)74(13)34-50(80)69-46(28-26-43-25-27-44(45(65)32-43)64(66,67)68)56(84)70-47(29-37(2)3)58(86)79(18)63(10,11)62(90)72-54(39(6)7)61(89)76(15)41(9)31-51(81)77(16)48(30-38(4)5)57(85)71-55/h37-49,54-55H,19-36H2,1-18H3,(H,69,80)(H,70,84)(H,71,85)(H,72,90)/t40-,41+,43?,44?,45?,46-,47-,48-,49-,54-,55-/m0/s1. The maximum atomic E-state index is 15.1. The fraction of sp³-hybridized carbons (Fsp3) is 0.828. The summed E-state index contributed by atoms with van der Waals surface area (Å²) in [4.78, 5) is 167. The third-order valence-electron chi connectivity index (χ3n) is 18.9. The smallest absolute Gasteiger partial charge is 0.343 e. The van der Waals surface area contributed by atoms with Crippen LogP contribution in [-0.4, -0.2) is 228 Å². The molecule has 0 spiro atoms. The molecular formula is C64H109F4N11O11. The summed E-state index contributed by atoms with van der Waals surface area (Å²) >= 11 is 0. The number of hydrogen-bond donors (Lipinski definition) is 4. The van der Waals surface area contributed by atoms with Crippen molar-refractivity contribution < 1.29 is 70.3 Å². The van der Waals surface area contributed by atoms with E-state index in [2.05, 4.69) is 21.3 Å². The Morgan fingerprint density at radius 3 is 1.67 bits per heavy atom. The summed E-state index contributed by atoms with van der Waals surface area (Å²) in [5.41, 5.74) is -1.70. The fourth-order valence-corrected chi connectivity index (χ4v) is 12.1. The average Bonchev–Trinajstić information content (AvgIpc) is 0.868. The Balaban J connectivity index is 2.18. The van der Waals surface area contributed by atoms with Crippen LogP contribution in [0, 0.1) is 41.4 Å². The molecule has 514 valence electrons. The van der Waals surface area contributed by atoms with Crippen LogP contribution in [0.3, 0.4) is 0 Å². The van der Waals surface area contributed by atoms with Gasteiger partial charge in [-0.1, -0.05) is 93.9 Å². The molecule has 11 amide bonds. The molecule has 0 bridgehead atoms. The van der Waals surface area contributed by atoms with E-state index in [9.17, 15) is 65.9 Å². The Morgan fingerprint density at radius 2 is 1.12 bits per heavy atom. The summed E-state index contributed by atoms with van der Waals surface area (Å²) in [6.07, 6.45) is -3.13. The molecular weight excluding hydrogens is 1170 g/mol. The molecule has 1 saturated heterocycles. The number of amides is 11. The van der Waals surface area contributed by atoms with E-state index in [1.807, 2.05) is 20.8 Å². The normalized spacial score (nSPS) is 28.6. The summed E-state index contributed by atoms with van der Waals surface area (Å²) < 4.78 is 56.3. The summed E-state index contributed by atoms with van der Waals surface area (Å²) in [6, 6.07) is -8.11. The van der Waals surface area contributed by atoms with Gasteiger partial charge in [-0.3, -0.25) is 52.7 Å². The van der Waals surface area contributed by atoms with E-state index in [0.717, 1.165) is 51.7 Å². The van der Waals surface area contributed by atoms with Gasteiger partial charge in [0.1, 0.15) is 48.0 Å². The van der Waals surface area contributed by atoms with Crippen LogP contribution in [0.4, 0.5) is 17.6 Å². The molecule has 90 heavy (non-hydrogen) atoms. The van der Waals surface area contributed by atoms with Gasteiger partial charge in [0.2, 0.25) is 65.0 Å². The molecule has 0 aromatic carbocycles. The second-order valence-electron chi connectivity index (χ2n) is 27.8. The predicted octanol–water partition coefficient (Wildman–Crippen LogP) is 5.30. The van der Waals surface area contributed by atoms with Gasteiger partial charge < -0.3 is 55.6 Å². The van der Waals surface area contributed by atoms with Crippen LogP contribution < -0.4 is 21.3 Å². The van der Waals surface area contributed by atoms with Crippen LogP contribution in [0.25, 0.3) is 0 Å².